The molecule has 2 aliphatic heterocycles. The molecule has 1 fully saturated rings. The van der Waals surface area contributed by atoms with Crippen LogP contribution in [-0.2, 0) is 6.42 Å². The molecule has 2 aromatic heterocycles. The Balaban J connectivity index is 1.02. The number of piperazine rings is 1. The Morgan fingerprint density at radius 1 is 1.03 bits per heavy atom. The SMILES string of the molecule is O=C(NCCCCN1CCN(c2cccc3c2OCC3)CC1)c1cc2ccccn2c1. The maximum absolute atomic E-state index is 12.4. The van der Waals surface area contributed by atoms with Crippen molar-refractivity contribution in [3.63, 3.8) is 0 Å². The minimum absolute atomic E-state index is 0.00919. The molecule has 6 heteroatoms. The monoisotopic (exact) mass is 418 g/mol. The number of pyridine rings is 1. The molecular formula is C25H30N4O2. The lowest BCUT2D eigenvalue weighted by molar-refractivity contribution is 0.0952. The third-order valence-corrected chi connectivity index (χ3v) is 6.36. The molecule has 0 saturated carbocycles. The summed E-state index contributed by atoms with van der Waals surface area (Å²) >= 11 is 0. The van der Waals surface area contributed by atoms with Gasteiger partial charge in [-0.15, -0.1) is 0 Å². The van der Waals surface area contributed by atoms with Gasteiger partial charge >= 0.3 is 0 Å². The second-order valence-electron chi connectivity index (χ2n) is 8.42. The predicted molar refractivity (Wildman–Crippen MR) is 123 cm³/mol. The van der Waals surface area contributed by atoms with Gasteiger partial charge < -0.3 is 19.4 Å². The summed E-state index contributed by atoms with van der Waals surface area (Å²) in [5.74, 6) is 1.11. The van der Waals surface area contributed by atoms with E-state index in [2.05, 4.69) is 33.3 Å². The van der Waals surface area contributed by atoms with Gasteiger partial charge in [0.15, 0.2) is 0 Å². The number of hydrogen-bond donors (Lipinski definition) is 1. The molecule has 0 radical (unpaired) electrons. The highest BCUT2D eigenvalue weighted by Gasteiger charge is 2.23. The topological polar surface area (TPSA) is 49.2 Å². The normalized spacial score (nSPS) is 16.3. The fraction of sp³-hybridized carbons (Fsp3) is 0.400. The van der Waals surface area contributed by atoms with E-state index in [1.165, 1.54) is 11.3 Å². The first kappa shape index (κ1) is 19.9. The molecule has 5 rings (SSSR count). The molecule has 1 N–H and O–H groups in total. The number of fused-ring (bicyclic) bond motifs is 2. The van der Waals surface area contributed by atoms with Crippen molar-refractivity contribution in [2.24, 2.45) is 0 Å². The number of nitrogens with one attached hydrogen (secondary N) is 1. The molecular weight excluding hydrogens is 388 g/mol. The number of ether oxygens (including phenoxy) is 1. The molecule has 0 atom stereocenters. The van der Waals surface area contributed by atoms with Crippen LogP contribution < -0.4 is 15.0 Å². The van der Waals surface area contributed by atoms with Gasteiger partial charge in [-0.25, -0.2) is 0 Å². The molecule has 1 amide bonds. The molecule has 0 bridgehead atoms. The Labute approximate surface area is 183 Å². The van der Waals surface area contributed by atoms with Crippen molar-refractivity contribution in [2.45, 2.75) is 19.3 Å². The first-order valence-electron chi connectivity index (χ1n) is 11.3. The summed E-state index contributed by atoms with van der Waals surface area (Å²) in [6, 6.07) is 14.4. The third-order valence-electron chi connectivity index (χ3n) is 6.36. The number of hydrogen-bond acceptors (Lipinski definition) is 4. The zero-order valence-corrected chi connectivity index (χ0v) is 17.9. The van der Waals surface area contributed by atoms with Gasteiger partial charge in [-0.1, -0.05) is 18.2 Å². The Kier molecular flexibility index (Phi) is 5.80. The van der Waals surface area contributed by atoms with Crippen molar-refractivity contribution in [3.8, 4) is 5.75 Å². The Morgan fingerprint density at radius 3 is 2.81 bits per heavy atom. The highest BCUT2D eigenvalue weighted by Crippen LogP contribution is 2.36. The molecule has 2 aliphatic rings. The molecule has 4 heterocycles. The van der Waals surface area contributed by atoms with Gasteiger partial charge in [0, 0.05) is 57.1 Å². The summed E-state index contributed by atoms with van der Waals surface area (Å²) in [5.41, 5.74) is 4.36. The highest BCUT2D eigenvalue weighted by molar-refractivity contribution is 5.95. The molecule has 31 heavy (non-hydrogen) atoms. The number of benzene rings is 1. The van der Waals surface area contributed by atoms with E-state index >= 15 is 0 Å². The molecule has 0 spiro atoms. The number of nitrogens with zero attached hydrogens (tertiary/aromatic N) is 3. The van der Waals surface area contributed by atoms with Crippen molar-refractivity contribution in [1.82, 2.24) is 14.6 Å². The van der Waals surface area contributed by atoms with Crippen LogP contribution in [0.15, 0.2) is 54.9 Å². The molecule has 0 aliphatic carbocycles. The summed E-state index contributed by atoms with van der Waals surface area (Å²) in [6.45, 7) is 6.85. The number of amides is 1. The van der Waals surface area contributed by atoms with Crippen molar-refractivity contribution >= 4 is 17.1 Å². The molecule has 6 nitrogen and oxygen atoms in total. The average Bonchev–Trinajstić information content (AvgIpc) is 3.46. The van der Waals surface area contributed by atoms with Crippen LogP contribution in [0.25, 0.3) is 5.52 Å². The lowest BCUT2D eigenvalue weighted by atomic mass is 10.1. The molecule has 0 unspecified atom stereocenters. The molecule has 1 saturated heterocycles. The predicted octanol–water partition coefficient (Wildman–Crippen LogP) is 3.21. The third kappa shape index (κ3) is 4.39. The van der Waals surface area contributed by atoms with Crippen LogP contribution in [0, 0.1) is 0 Å². The minimum Gasteiger partial charge on any atom is -0.491 e. The van der Waals surface area contributed by atoms with Crippen molar-refractivity contribution in [2.75, 3.05) is 50.8 Å². The van der Waals surface area contributed by atoms with Gasteiger partial charge in [0.05, 0.1) is 17.9 Å². The lowest BCUT2D eigenvalue weighted by Crippen LogP contribution is -2.46. The number of unbranched alkanes of at least 4 members (excludes halogenated alkanes) is 1. The average molecular weight is 419 g/mol. The summed E-state index contributed by atoms with van der Waals surface area (Å²) in [6.07, 6.45) is 6.98. The maximum Gasteiger partial charge on any atom is 0.252 e. The summed E-state index contributed by atoms with van der Waals surface area (Å²) < 4.78 is 7.86. The van der Waals surface area contributed by atoms with E-state index in [0.717, 1.165) is 82.0 Å². The quantitative estimate of drug-likeness (QED) is 0.599. The van der Waals surface area contributed by atoms with E-state index in [9.17, 15) is 4.79 Å². The smallest absolute Gasteiger partial charge is 0.252 e. The van der Waals surface area contributed by atoms with Crippen LogP contribution in [0.4, 0.5) is 5.69 Å². The van der Waals surface area contributed by atoms with E-state index in [1.807, 2.05) is 41.1 Å². The number of aromatic nitrogens is 1. The Hall–Kier alpha value is -2.99. The van der Waals surface area contributed by atoms with Gasteiger partial charge in [0.25, 0.3) is 5.91 Å². The van der Waals surface area contributed by atoms with Crippen molar-refractivity contribution in [3.05, 3.63) is 66.0 Å². The van der Waals surface area contributed by atoms with Crippen LogP contribution >= 0.6 is 0 Å². The van der Waals surface area contributed by atoms with Crippen molar-refractivity contribution < 1.29 is 9.53 Å². The first-order valence-corrected chi connectivity index (χ1v) is 11.3. The van der Waals surface area contributed by atoms with Gasteiger partial charge in [0.2, 0.25) is 0 Å². The highest BCUT2D eigenvalue weighted by atomic mass is 16.5. The van der Waals surface area contributed by atoms with E-state index in [4.69, 9.17) is 4.74 Å². The fourth-order valence-corrected chi connectivity index (χ4v) is 4.60. The van der Waals surface area contributed by atoms with Gasteiger partial charge in [-0.2, -0.15) is 0 Å². The van der Waals surface area contributed by atoms with Crippen LogP contribution in [0.2, 0.25) is 0 Å². The van der Waals surface area contributed by atoms with Crippen LogP contribution in [-0.4, -0.2) is 61.1 Å². The fourth-order valence-electron chi connectivity index (χ4n) is 4.60. The second-order valence-corrected chi connectivity index (χ2v) is 8.42. The molecule has 1 aromatic carbocycles. The number of anilines is 1. The Morgan fingerprint density at radius 2 is 1.94 bits per heavy atom. The maximum atomic E-state index is 12.4. The summed E-state index contributed by atoms with van der Waals surface area (Å²) in [7, 11) is 0. The number of rotatable bonds is 7. The van der Waals surface area contributed by atoms with Crippen LogP contribution in [0.5, 0.6) is 5.75 Å². The Bertz CT molecular complexity index is 1020. The zero-order valence-electron chi connectivity index (χ0n) is 17.9. The molecule has 3 aromatic rings. The van der Waals surface area contributed by atoms with E-state index in [0.29, 0.717) is 0 Å². The number of para-hydroxylation sites is 1. The van der Waals surface area contributed by atoms with E-state index in [1.54, 1.807) is 0 Å². The van der Waals surface area contributed by atoms with Crippen LogP contribution in [0.3, 0.4) is 0 Å². The van der Waals surface area contributed by atoms with Gasteiger partial charge in [0.1, 0.15) is 5.75 Å². The lowest BCUT2D eigenvalue weighted by Gasteiger charge is -2.36. The molecule has 162 valence electrons. The first-order chi connectivity index (χ1) is 15.3. The van der Waals surface area contributed by atoms with E-state index < -0.39 is 0 Å². The van der Waals surface area contributed by atoms with Crippen LogP contribution in [0.1, 0.15) is 28.8 Å². The minimum atomic E-state index is 0.00919. The largest absolute Gasteiger partial charge is 0.491 e. The van der Waals surface area contributed by atoms with Gasteiger partial charge in [-0.3, -0.25) is 9.69 Å². The van der Waals surface area contributed by atoms with Gasteiger partial charge in [-0.05, 0) is 49.2 Å². The summed E-state index contributed by atoms with van der Waals surface area (Å²) in [4.78, 5) is 17.4. The summed E-state index contributed by atoms with van der Waals surface area (Å²) in [5, 5.41) is 3.06. The van der Waals surface area contributed by atoms with Crippen molar-refractivity contribution in [1.29, 1.82) is 0 Å². The van der Waals surface area contributed by atoms with E-state index in [-0.39, 0.29) is 5.91 Å². The number of carbonyl (C=O) groups is 1. The number of carbonyl (C=O) groups excluding carboxylic acids is 1. The standard InChI is InChI=1S/C25H30N4O2/c30-25(21-18-22-7-1-3-12-29(22)19-21)26-10-2-4-11-27-13-15-28(16-14-27)23-8-5-6-20-9-17-31-24(20)23/h1,3,5-8,12,18-19H,2,4,9-11,13-17H2,(H,26,30). The zero-order chi connectivity index (χ0) is 21.0. The second kappa shape index (κ2) is 9.02.